The maximum atomic E-state index is 6.51. The van der Waals surface area contributed by atoms with E-state index in [0.29, 0.717) is 5.82 Å². The molecule has 0 aliphatic carbocycles. The molecule has 3 heterocycles. The fourth-order valence-electron chi connectivity index (χ4n) is 7.78. The van der Waals surface area contributed by atoms with Gasteiger partial charge in [0.15, 0.2) is 5.82 Å². The number of para-hydroxylation sites is 3. The number of rotatable bonds is 5. The second-order valence-electron chi connectivity index (χ2n) is 13.8. The summed E-state index contributed by atoms with van der Waals surface area (Å²) in [4.78, 5) is 10.5. The molecular weight excluding hydrogens is 661 g/mol. The van der Waals surface area contributed by atoms with E-state index >= 15 is 0 Å². The summed E-state index contributed by atoms with van der Waals surface area (Å²) < 4.78 is 12.7. The summed E-state index contributed by atoms with van der Waals surface area (Å²) in [6, 6.07) is 63.4. The van der Waals surface area contributed by atoms with Crippen molar-refractivity contribution in [2.75, 3.05) is 0 Å². The lowest BCUT2D eigenvalue weighted by atomic mass is 9.93. The lowest BCUT2D eigenvalue weighted by Gasteiger charge is -2.14. The molecule has 4 heteroatoms. The fourth-order valence-corrected chi connectivity index (χ4v) is 7.78. The van der Waals surface area contributed by atoms with Crippen LogP contribution >= 0.6 is 0 Å². The molecule has 0 N–H and O–H groups in total. The molecule has 8 aromatic carbocycles. The smallest absolute Gasteiger partial charge is 0.160 e. The van der Waals surface area contributed by atoms with Gasteiger partial charge in [-0.3, -0.25) is 0 Å². The van der Waals surface area contributed by atoms with Crippen molar-refractivity contribution in [3.63, 3.8) is 0 Å². The Morgan fingerprint density at radius 1 is 0.315 bits per heavy atom. The first-order chi connectivity index (χ1) is 26.7. The van der Waals surface area contributed by atoms with Gasteiger partial charge in [0.1, 0.15) is 22.3 Å². The highest BCUT2D eigenvalue weighted by atomic mass is 16.3. The van der Waals surface area contributed by atoms with Gasteiger partial charge in [-0.1, -0.05) is 121 Å². The van der Waals surface area contributed by atoms with E-state index in [0.717, 1.165) is 94.2 Å². The highest BCUT2D eigenvalue weighted by Crippen LogP contribution is 2.40. The van der Waals surface area contributed by atoms with E-state index in [4.69, 9.17) is 18.8 Å². The molecule has 0 unspecified atom stereocenters. The van der Waals surface area contributed by atoms with Crippen molar-refractivity contribution >= 4 is 54.6 Å². The fraction of sp³-hybridized carbons (Fsp3) is 0. The maximum Gasteiger partial charge on any atom is 0.160 e. The van der Waals surface area contributed by atoms with Gasteiger partial charge in [-0.05, 0) is 93.7 Å². The van der Waals surface area contributed by atoms with Crippen LogP contribution in [-0.4, -0.2) is 9.97 Å². The zero-order valence-corrected chi connectivity index (χ0v) is 29.0. The molecule has 54 heavy (non-hydrogen) atoms. The maximum absolute atomic E-state index is 6.51. The van der Waals surface area contributed by atoms with Crippen LogP contribution in [0.3, 0.4) is 0 Å². The van der Waals surface area contributed by atoms with Crippen LogP contribution in [0.5, 0.6) is 0 Å². The summed E-state index contributed by atoms with van der Waals surface area (Å²) in [5.41, 5.74) is 12.3. The first-order valence-corrected chi connectivity index (χ1v) is 18.1. The minimum atomic E-state index is 0.653. The van der Waals surface area contributed by atoms with Gasteiger partial charge in [-0.25, -0.2) is 9.97 Å². The Balaban J connectivity index is 1.16. The molecule has 0 amide bonds. The predicted octanol–water partition coefficient (Wildman–Crippen LogP) is 13.8. The van der Waals surface area contributed by atoms with Crippen molar-refractivity contribution in [2.45, 2.75) is 0 Å². The Labute approximate surface area is 310 Å². The van der Waals surface area contributed by atoms with Gasteiger partial charge in [0, 0.05) is 38.2 Å². The molecular formula is C50H30N2O2. The Kier molecular flexibility index (Phi) is 6.82. The molecule has 0 fully saturated rings. The first-order valence-electron chi connectivity index (χ1n) is 18.1. The zero-order chi connectivity index (χ0) is 35.6. The molecule has 0 radical (unpaired) electrons. The molecule has 3 aromatic heterocycles. The normalized spacial score (nSPS) is 11.7. The third kappa shape index (κ3) is 5.07. The van der Waals surface area contributed by atoms with Crippen LogP contribution in [0.1, 0.15) is 0 Å². The number of aromatic nitrogens is 2. The molecule has 252 valence electrons. The van der Waals surface area contributed by atoms with Crippen molar-refractivity contribution < 1.29 is 8.83 Å². The number of hydrogen-bond donors (Lipinski definition) is 0. The lowest BCUT2D eigenvalue weighted by Crippen LogP contribution is -1.97. The third-order valence-electron chi connectivity index (χ3n) is 10.5. The number of fused-ring (bicyclic) bond motifs is 7. The van der Waals surface area contributed by atoms with Crippen LogP contribution in [0.2, 0.25) is 0 Å². The van der Waals surface area contributed by atoms with Gasteiger partial charge < -0.3 is 8.83 Å². The number of hydrogen-bond acceptors (Lipinski definition) is 4. The van der Waals surface area contributed by atoms with Crippen LogP contribution in [0.15, 0.2) is 191 Å². The Morgan fingerprint density at radius 2 is 0.926 bits per heavy atom. The van der Waals surface area contributed by atoms with Gasteiger partial charge in [0.2, 0.25) is 0 Å². The van der Waals surface area contributed by atoms with Crippen molar-refractivity contribution in [1.82, 2.24) is 9.97 Å². The van der Waals surface area contributed by atoms with E-state index in [1.165, 1.54) is 10.8 Å². The van der Waals surface area contributed by atoms with E-state index in [9.17, 15) is 0 Å². The zero-order valence-electron chi connectivity index (χ0n) is 29.0. The summed E-state index contributed by atoms with van der Waals surface area (Å²) in [5, 5.41) is 6.75. The molecule has 0 bridgehead atoms. The van der Waals surface area contributed by atoms with Crippen LogP contribution in [0.25, 0.3) is 111 Å². The monoisotopic (exact) mass is 690 g/mol. The van der Waals surface area contributed by atoms with Gasteiger partial charge in [-0.2, -0.15) is 0 Å². The Morgan fingerprint density at radius 3 is 1.76 bits per heavy atom. The molecule has 0 aliphatic heterocycles. The van der Waals surface area contributed by atoms with E-state index in [1.807, 2.05) is 48.5 Å². The minimum absolute atomic E-state index is 0.653. The second kappa shape index (κ2) is 12.1. The summed E-state index contributed by atoms with van der Waals surface area (Å²) in [5.74, 6) is 0.653. The number of furan rings is 2. The average molecular weight is 691 g/mol. The summed E-state index contributed by atoms with van der Waals surface area (Å²) in [6.07, 6.45) is 0. The predicted molar refractivity (Wildman–Crippen MR) is 221 cm³/mol. The molecule has 11 rings (SSSR count). The van der Waals surface area contributed by atoms with Crippen molar-refractivity contribution in [3.05, 3.63) is 182 Å². The third-order valence-corrected chi connectivity index (χ3v) is 10.5. The Hall–Kier alpha value is -7.30. The van der Waals surface area contributed by atoms with Crippen molar-refractivity contribution in [2.24, 2.45) is 0 Å². The van der Waals surface area contributed by atoms with Crippen molar-refractivity contribution in [1.29, 1.82) is 0 Å². The van der Waals surface area contributed by atoms with E-state index in [-0.39, 0.29) is 0 Å². The molecule has 0 spiro atoms. The first kappa shape index (κ1) is 30.3. The number of nitrogens with zero attached hydrogens (tertiary/aromatic N) is 2. The molecule has 11 aromatic rings. The molecule has 4 nitrogen and oxygen atoms in total. The molecule has 0 aliphatic rings. The SMILES string of the molecule is c1ccc(-c2nc(-c3cc(-c4ccc5ccccc5c4)cc(-c4ccc5oc6ccccc6c5c4)c3)cc(-c3cccc4c3oc3ccccc34)n2)cc1. The molecule has 0 atom stereocenters. The van der Waals surface area contributed by atoms with Crippen molar-refractivity contribution in [3.8, 4) is 56.2 Å². The minimum Gasteiger partial charge on any atom is -0.456 e. The van der Waals surface area contributed by atoms with E-state index < -0.39 is 0 Å². The van der Waals surface area contributed by atoms with E-state index in [1.54, 1.807) is 0 Å². The highest BCUT2D eigenvalue weighted by molar-refractivity contribution is 6.09. The summed E-state index contributed by atoms with van der Waals surface area (Å²) in [6.45, 7) is 0. The van der Waals surface area contributed by atoms with Gasteiger partial charge in [0.25, 0.3) is 0 Å². The highest BCUT2D eigenvalue weighted by Gasteiger charge is 2.18. The standard InChI is InChI=1S/C50H30N2O2/c1-2-12-32(13-3-1)50-51-44(30-45(52-50)42-18-10-17-41-39-15-6-9-20-47(39)54-49(41)42)38-27-36(34-22-21-31-11-4-5-14-33(31)25-34)26-37(28-38)35-23-24-48-43(29-35)40-16-7-8-19-46(40)53-48/h1-30H. The molecule has 0 saturated carbocycles. The average Bonchev–Trinajstić information content (AvgIpc) is 3.82. The summed E-state index contributed by atoms with van der Waals surface area (Å²) >= 11 is 0. The van der Waals surface area contributed by atoms with Gasteiger partial charge in [0.05, 0.1) is 11.4 Å². The quantitative estimate of drug-likeness (QED) is 0.180. The molecule has 0 saturated heterocycles. The van der Waals surface area contributed by atoms with Gasteiger partial charge >= 0.3 is 0 Å². The second-order valence-corrected chi connectivity index (χ2v) is 13.8. The van der Waals surface area contributed by atoms with Crippen LogP contribution in [0, 0.1) is 0 Å². The summed E-state index contributed by atoms with van der Waals surface area (Å²) in [7, 11) is 0. The number of benzene rings is 8. The lowest BCUT2D eigenvalue weighted by molar-refractivity contribution is 0.669. The van der Waals surface area contributed by atoms with Crippen LogP contribution < -0.4 is 0 Å². The van der Waals surface area contributed by atoms with E-state index in [2.05, 4.69) is 133 Å². The topological polar surface area (TPSA) is 52.1 Å². The van der Waals surface area contributed by atoms with Crippen LogP contribution in [0.4, 0.5) is 0 Å². The van der Waals surface area contributed by atoms with Crippen LogP contribution in [-0.2, 0) is 0 Å². The Bertz CT molecular complexity index is 3230. The largest absolute Gasteiger partial charge is 0.456 e. The van der Waals surface area contributed by atoms with Gasteiger partial charge in [-0.15, -0.1) is 0 Å².